The highest BCUT2D eigenvalue weighted by Gasteiger charge is 2.94. The fraction of sp³-hybridized carbons (Fsp3) is 1.00. The van der Waals surface area contributed by atoms with Crippen molar-refractivity contribution in [1.29, 1.82) is 0 Å². The first-order valence-corrected chi connectivity index (χ1v) is 17.2. The van der Waals surface area contributed by atoms with E-state index >= 15 is 0 Å². The van der Waals surface area contributed by atoms with E-state index in [1.54, 1.807) is 0 Å². The van der Waals surface area contributed by atoms with Crippen LogP contribution in [-0.2, 0) is 0 Å². The fourth-order valence-electron chi connectivity index (χ4n) is 4.39. The zero-order chi connectivity index (χ0) is 46.6. The summed E-state index contributed by atoms with van der Waals surface area (Å²) in [5.74, 6) is -95.4. The van der Waals surface area contributed by atoms with Crippen molar-refractivity contribution in [2.45, 2.75) is 147 Å². The summed E-state index contributed by atoms with van der Waals surface area (Å²) in [5, 5.41) is 11.2. The van der Waals surface area contributed by atoms with Crippen molar-refractivity contribution in [3.63, 3.8) is 0 Å². The average molecular weight is 938 g/mol. The maximum absolute atomic E-state index is 13.9. The van der Waals surface area contributed by atoms with Crippen LogP contribution in [0.15, 0.2) is 0 Å². The van der Waals surface area contributed by atoms with Crippen molar-refractivity contribution in [3.8, 4) is 0 Å². The lowest BCUT2D eigenvalue weighted by atomic mass is 9.89. The van der Waals surface area contributed by atoms with Gasteiger partial charge in [0.05, 0.1) is 0 Å². The maximum Gasteiger partial charge on any atom is 0.460 e. The molecule has 0 aliphatic heterocycles. The van der Waals surface area contributed by atoms with Crippen molar-refractivity contribution in [3.05, 3.63) is 0 Å². The zero-order valence-corrected chi connectivity index (χ0v) is 28.1. The van der Waals surface area contributed by atoms with E-state index in [9.17, 15) is 132 Å². The molecule has 0 bridgehead atoms. The van der Waals surface area contributed by atoms with E-state index in [1.165, 1.54) is 0 Å². The van der Waals surface area contributed by atoms with Gasteiger partial charge in [0.15, 0.2) is 8.40 Å². The highest BCUT2D eigenvalue weighted by Crippen LogP contribution is 2.64. The topological polar surface area (TPSA) is 52.0 Å². The molecule has 344 valence electrons. The molecular formula is C24H24F30N2Si. The molecule has 0 atom stereocenters. The number of unbranched alkanes of at least 4 members (excludes halogenated alkanes) is 4. The molecule has 0 saturated carbocycles. The number of nitrogens with two attached hydrogens (primary N) is 2. The van der Waals surface area contributed by atoms with E-state index in [0.717, 1.165) is 0 Å². The molecule has 0 spiro atoms. The number of alkyl halides is 30. The third-order valence-corrected chi connectivity index (χ3v) is 10.6. The van der Waals surface area contributed by atoms with E-state index < -0.39 is 155 Å². The summed E-state index contributed by atoms with van der Waals surface area (Å²) in [6.45, 7) is 0. The molecule has 57 heavy (non-hydrogen) atoms. The van der Waals surface area contributed by atoms with Crippen LogP contribution in [0.25, 0.3) is 0 Å². The van der Waals surface area contributed by atoms with Crippen LogP contribution in [0.2, 0.25) is 12.1 Å². The van der Waals surface area contributed by atoms with E-state index in [-0.39, 0.29) is 0 Å². The largest absolute Gasteiger partial charge is 0.460 e. The van der Waals surface area contributed by atoms with Crippen molar-refractivity contribution in [2.24, 2.45) is 10.8 Å². The summed E-state index contributed by atoms with van der Waals surface area (Å²) in [4.78, 5) is 0. The van der Waals surface area contributed by atoms with Gasteiger partial charge in [0.2, 0.25) is 0 Å². The summed E-state index contributed by atoms with van der Waals surface area (Å²) in [6, 6.07) is -1.21. The molecule has 0 aliphatic rings. The van der Waals surface area contributed by atoms with Crippen LogP contribution in [0.3, 0.4) is 0 Å². The van der Waals surface area contributed by atoms with Crippen molar-refractivity contribution >= 4 is 8.40 Å². The van der Waals surface area contributed by atoms with Crippen molar-refractivity contribution < 1.29 is 132 Å². The van der Waals surface area contributed by atoms with Gasteiger partial charge in [0, 0.05) is 12.8 Å². The number of hydrogen-bond donors (Lipinski definition) is 2. The molecule has 4 N–H and O–H groups in total. The normalized spacial score (nSPS) is 16.4. The van der Waals surface area contributed by atoms with Crippen LogP contribution in [-0.4, -0.2) is 91.8 Å². The third-order valence-electron chi connectivity index (χ3n) is 8.05. The quantitative estimate of drug-likeness (QED) is 0.0646. The molecule has 0 rings (SSSR count). The van der Waals surface area contributed by atoms with Crippen LogP contribution in [0, 0.1) is 0 Å². The second-order valence-electron chi connectivity index (χ2n) is 12.5. The van der Waals surface area contributed by atoms with Crippen LogP contribution in [0.1, 0.15) is 51.4 Å². The van der Waals surface area contributed by atoms with E-state index in [0.29, 0.717) is 0 Å². The monoisotopic (exact) mass is 938 g/mol. The molecule has 0 heterocycles. The Morgan fingerprint density at radius 3 is 0.649 bits per heavy atom. The van der Waals surface area contributed by atoms with Crippen LogP contribution in [0.4, 0.5) is 132 Å². The molecule has 0 aromatic heterocycles. The van der Waals surface area contributed by atoms with Gasteiger partial charge in [-0.3, -0.25) is 0 Å². The van der Waals surface area contributed by atoms with Gasteiger partial charge in [-0.05, 0) is 24.9 Å². The SMILES string of the molecule is N[Si](N)(CCCCCC(F)(F)C(F)(F)C(F)(F)C(F)(F)C(F)(F)C(F)(F)C(F)(F)F)CCCCCC(F)(F)C(F)(F)C(F)(F)C(F)(F)C(F)(F)C(F)(F)C(F)(F)F. The van der Waals surface area contributed by atoms with Gasteiger partial charge in [-0.1, -0.05) is 25.7 Å². The maximum atomic E-state index is 13.9. The Labute approximate surface area is 298 Å². The summed E-state index contributed by atoms with van der Waals surface area (Å²) in [7, 11) is -3.79. The second-order valence-corrected chi connectivity index (χ2v) is 16.0. The first kappa shape index (κ1) is 55.0. The number of halogens is 30. The Balaban J connectivity index is 5.45. The van der Waals surface area contributed by atoms with Gasteiger partial charge in [-0.2, -0.15) is 132 Å². The first-order chi connectivity index (χ1) is 24.4. The van der Waals surface area contributed by atoms with Gasteiger partial charge in [-0.15, -0.1) is 0 Å². The molecule has 0 unspecified atom stereocenters. The molecule has 0 amide bonds. The zero-order valence-electron chi connectivity index (χ0n) is 27.1. The minimum atomic E-state index is -8.50. The van der Waals surface area contributed by atoms with E-state index in [4.69, 9.17) is 10.8 Å². The fourth-order valence-corrected chi connectivity index (χ4v) is 6.46. The van der Waals surface area contributed by atoms with Gasteiger partial charge in [0.25, 0.3) is 0 Å². The smallest absolute Gasteiger partial charge is 0.339 e. The van der Waals surface area contributed by atoms with Crippen molar-refractivity contribution in [1.82, 2.24) is 0 Å². The van der Waals surface area contributed by atoms with Gasteiger partial charge in [-0.25, -0.2) is 0 Å². The first-order valence-electron chi connectivity index (χ1n) is 14.7. The van der Waals surface area contributed by atoms with Gasteiger partial charge >= 0.3 is 83.4 Å². The van der Waals surface area contributed by atoms with Crippen LogP contribution < -0.4 is 10.8 Å². The predicted molar refractivity (Wildman–Crippen MR) is 132 cm³/mol. The summed E-state index contributed by atoms with van der Waals surface area (Å²) >= 11 is 0. The summed E-state index contributed by atoms with van der Waals surface area (Å²) < 4.78 is 397. The molecular weight excluding hydrogens is 914 g/mol. The molecule has 0 radical (unpaired) electrons. The Morgan fingerprint density at radius 1 is 0.246 bits per heavy atom. The van der Waals surface area contributed by atoms with Crippen LogP contribution in [0.5, 0.6) is 0 Å². The lowest BCUT2D eigenvalue weighted by Gasteiger charge is -2.41. The Hall–Kier alpha value is -1.96. The molecule has 0 aliphatic carbocycles. The minimum Gasteiger partial charge on any atom is -0.339 e. The molecule has 0 fully saturated rings. The van der Waals surface area contributed by atoms with E-state index in [2.05, 4.69) is 0 Å². The highest BCUT2D eigenvalue weighted by atomic mass is 28.3. The molecule has 2 nitrogen and oxygen atoms in total. The van der Waals surface area contributed by atoms with E-state index in [1.807, 2.05) is 0 Å². The lowest BCUT2D eigenvalue weighted by molar-refractivity contribution is -0.452. The standard InChI is InChI=1S/C24H24F30N2Si/c25-11(26,13(29,30)15(33,34)17(37,38)19(41,42)21(45,46)23(49,50)51)7-3-1-5-9-57(55,56)10-6-2-4-8-12(27,28)14(31,32)16(35,36)18(39,40)20(43,44)22(47,48)24(52,53)54/h1-10,55-56H2. The predicted octanol–water partition coefficient (Wildman–Crippen LogP) is 12.2. The molecule has 0 aromatic rings. The average Bonchev–Trinajstić information content (AvgIpc) is 2.98. The molecule has 0 saturated heterocycles. The summed E-state index contributed by atoms with van der Waals surface area (Å²) in [5.41, 5.74) is 0. The third kappa shape index (κ3) is 9.21. The second kappa shape index (κ2) is 15.8. The van der Waals surface area contributed by atoms with Gasteiger partial charge < -0.3 is 10.8 Å². The minimum absolute atomic E-state index is 0.603. The Kier molecular flexibility index (Phi) is 15.3. The molecule has 33 heteroatoms. The Morgan fingerprint density at radius 2 is 0.439 bits per heavy atom. The summed E-state index contributed by atoms with van der Waals surface area (Å²) in [6.07, 6.45) is -27.0. The lowest BCUT2D eigenvalue weighted by Crippen LogP contribution is -2.72. The Bertz CT molecular complexity index is 1230. The van der Waals surface area contributed by atoms with Gasteiger partial charge in [0.1, 0.15) is 0 Å². The van der Waals surface area contributed by atoms with Crippen LogP contribution >= 0.6 is 0 Å². The van der Waals surface area contributed by atoms with Crippen molar-refractivity contribution in [2.75, 3.05) is 0 Å². The molecule has 0 aromatic carbocycles. The number of rotatable bonds is 22. The number of hydrogen-bond acceptors (Lipinski definition) is 2. The highest BCUT2D eigenvalue weighted by molar-refractivity contribution is 6.73.